The number of carbonyl (C=O) groups is 1. The van der Waals surface area contributed by atoms with E-state index in [1.807, 2.05) is 0 Å². The van der Waals surface area contributed by atoms with Gasteiger partial charge in [-0.05, 0) is 43.4 Å². The first-order valence-corrected chi connectivity index (χ1v) is 10.1. The lowest BCUT2D eigenvalue weighted by atomic mass is 9.97. The molecule has 3 N–H and O–H groups in total. The minimum Gasteiger partial charge on any atom is -0.349 e. The number of amides is 1. The van der Waals surface area contributed by atoms with Crippen LogP contribution in [0.15, 0.2) is 23.8 Å². The van der Waals surface area contributed by atoms with E-state index >= 15 is 0 Å². The molecule has 0 aliphatic heterocycles. The topological polar surface area (TPSA) is 69.8 Å². The number of halogens is 3. The summed E-state index contributed by atoms with van der Waals surface area (Å²) in [7, 11) is 0. The van der Waals surface area contributed by atoms with Crippen LogP contribution in [-0.4, -0.2) is 28.1 Å². The second-order valence-electron chi connectivity index (χ2n) is 7.53. The molecule has 5 nitrogen and oxygen atoms in total. The quantitative estimate of drug-likeness (QED) is 0.645. The molecule has 2 unspecified atom stereocenters. The third kappa shape index (κ3) is 3.89. The number of nitrogens with zero attached hydrogens (tertiary/aromatic N) is 1. The number of imidazole rings is 1. The Kier molecular flexibility index (Phi) is 5.34. The van der Waals surface area contributed by atoms with Crippen molar-refractivity contribution in [3.63, 3.8) is 0 Å². The SMILES string of the molecule is C[C@@H]1CCC(NC(=O)C2=Cc3nc(Nc4c(Cl)cccc4Cl)[nH]c3CC2F)C1. The van der Waals surface area contributed by atoms with Crippen molar-refractivity contribution in [1.82, 2.24) is 15.3 Å². The van der Waals surface area contributed by atoms with Crippen molar-refractivity contribution in [3.8, 4) is 0 Å². The molecule has 1 saturated carbocycles. The predicted molar refractivity (Wildman–Crippen MR) is 110 cm³/mol. The summed E-state index contributed by atoms with van der Waals surface area (Å²) in [5, 5.41) is 6.90. The Hall–Kier alpha value is -2.05. The molecule has 1 heterocycles. The zero-order valence-corrected chi connectivity index (χ0v) is 16.9. The molecule has 1 aromatic carbocycles. The number of hydrogen-bond donors (Lipinski definition) is 3. The van der Waals surface area contributed by atoms with Crippen LogP contribution in [0.25, 0.3) is 6.08 Å². The van der Waals surface area contributed by atoms with Crippen molar-refractivity contribution in [2.24, 2.45) is 5.92 Å². The summed E-state index contributed by atoms with van der Waals surface area (Å²) >= 11 is 12.3. The summed E-state index contributed by atoms with van der Waals surface area (Å²) in [5.74, 6) is 0.647. The van der Waals surface area contributed by atoms with Crippen LogP contribution in [0.4, 0.5) is 16.0 Å². The van der Waals surface area contributed by atoms with Crippen LogP contribution in [0.2, 0.25) is 10.0 Å². The number of H-pyrrole nitrogens is 1. The molecule has 28 heavy (non-hydrogen) atoms. The van der Waals surface area contributed by atoms with Crippen molar-refractivity contribution in [3.05, 3.63) is 45.2 Å². The zero-order chi connectivity index (χ0) is 19.8. The number of aromatic amines is 1. The smallest absolute Gasteiger partial charge is 0.250 e. The van der Waals surface area contributed by atoms with Crippen molar-refractivity contribution in [2.45, 2.75) is 44.8 Å². The maximum atomic E-state index is 14.7. The zero-order valence-electron chi connectivity index (χ0n) is 15.4. The van der Waals surface area contributed by atoms with Crippen molar-refractivity contribution in [2.75, 3.05) is 5.32 Å². The van der Waals surface area contributed by atoms with Crippen LogP contribution in [0.5, 0.6) is 0 Å². The number of para-hydroxylation sites is 1. The van der Waals surface area contributed by atoms with Gasteiger partial charge in [0.2, 0.25) is 11.9 Å². The molecule has 0 saturated heterocycles. The fourth-order valence-corrected chi connectivity index (χ4v) is 4.33. The molecular formula is C20H21Cl2FN4O. The van der Waals surface area contributed by atoms with Crippen molar-refractivity contribution < 1.29 is 9.18 Å². The van der Waals surface area contributed by atoms with E-state index in [0.29, 0.717) is 39.0 Å². The average Bonchev–Trinajstić information content (AvgIpc) is 3.22. The van der Waals surface area contributed by atoms with Gasteiger partial charge in [-0.3, -0.25) is 4.79 Å². The third-order valence-corrected chi connectivity index (χ3v) is 5.95. The highest BCUT2D eigenvalue weighted by Crippen LogP contribution is 2.33. The second-order valence-corrected chi connectivity index (χ2v) is 8.35. The summed E-state index contributed by atoms with van der Waals surface area (Å²) in [4.78, 5) is 20.0. The summed E-state index contributed by atoms with van der Waals surface area (Å²) in [6.45, 7) is 2.17. The first-order valence-electron chi connectivity index (χ1n) is 9.37. The molecule has 8 heteroatoms. The highest BCUT2D eigenvalue weighted by atomic mass is 35.5. The Morgan fingerprint density at radius 3 is 2.71 bits per heavy atom. The van der Waals surface area contributed by atoms with Crippen LogP contribution >= 0.6 is 23.2 Å². The predicted octanol–water partition coefficient (Wildman–Crippen LogP) is 5.04. The molecule has 1 aromatic heterocycles. The van der Waals surface area contributed by atoms with Crippen LogP contribution in [-0.2, 0) is 11.2 Å². The molecule has 0 spiro atoms. The number of fused-ring (bicyclic) bond motifs is 1. The molecule has 1 amide bonds. The number of anilines is 2. The normalized spacial score (nSPS) is 23.9. The lowest BCUT2D eigenvalue weighted by Crippen LogP contribution is -2.37. The largest absolute Gasteiger partial charge is 0.349 e. The van der Waals surface area contributed by atoms with E-state index in [2.05, 4.69) is 27.5 Å². The molecule has 3 atom stereocenters. The number of benzene rings is 1. The first-order chi connectivity index (χ1) is 13.4. The van der Waals surface area contributed by atoms with E-state index in [9.17, 15) is 9.18 Å². The monoisotopic (exact) mass is 422 g/mol. The van der Waals surface area contributed by atoms with Crippen LogP contribution in [0.3, 0.4) is 0 Å². The molecule has 2 aromatic rings. The number of carbonyl (C=O) groups excluding carboxylic acids is 1. The van der Waals surface area contributed by atoms with Crippen molar-refractivity contribution >= 4 is 46.8 Å². The summed E-state index contributed by atoms with van der Waals surface area (Å²) < 4.78 is 14.7. The maximum absolute atomic E-state index is 14.7. The highest BCUT2D eigenvalue weighted by molar-refractivity contribution is 6.39. The lowest BCUT2D eigenvalue weighted by Gasteiger charge is -2.19. The number of hydrogen-bond acceptors (Lipinski definition) is 3. The van der Waals surface area contributed by atoms with Gasteiger partial charge in [-0.25, -0.2) is 9.37 Å². The highest BCUT2D eigenvalue weighted by Gasteiger charge is 2.31. The molecule has 2 aliphatic rings. The van der Waals surface area contributed by atoms with Gasteiger partial charge >= 0.3 is 0 Å². The molecule has 0 bridgehead atoms. The van der Waals surface area contributed by atoms with Crippen molar-refractivity contribution in [1.29, 1.82) is 0 Å². The van der Waals surface area contributed by atoms with E-state index in [1.165, 1.54) is 6.08 Å². The van der Waals surface area contributed by atoms with E-state index in [0.717, 1.165) is 19.3 Å². The number of aromatic nitrogens is 2. The van der Waals surface area contributed by atoms with Gasteiger partial charge in [0.15, 0.2) is 0 Å². The third-order valence-electron chi connectivity index (χ3n) is 5.32. The van der Waals surface area contributed by atoms with Crippen LogP contribution in [0, 0.1) is 5.92 Å². The summed E-state index contributed by atoms with van der Waals surface area (Å²) in [5.41, 5.74) is 1.82. The first kappa shape index (κ1) is 19.3. The standard InChI is InChI=1S/C20H21Cl2FN4O/c1-10-5-6-11(7-10)24-19(28)12-8-16-17(9-15(12)23)26-20(25-16)27-18-13(21)3-2-4-14(18)22/h2-4,8,10-11,15H,5-7,9H2,1H3,(H,24,28)(H2,25,26,27)/t10-,11?,15?/m1/s1. The van der Waals surface area contributed by atoms with Crippen LogP contribution < -0.4 is 10.6 Å². The number of nitrogens with one attached hydrogen (secondary N) is 3. The van der Waals surface area contributed by atoms with Gasteiger partial charge in [-0.15, -0.1) is 0 Å². The van der Waals surface area contributed by atoms with E-state index in [4.69, 9.17) is 23.2 Å². The molecule has 2 aliphatic carbocycles. The van der Waals surface area contributed by atoms with E-state index in [1.54, 1.807) is 18.2 Å². The minimum atomic E-state index is -1.37. The number of rotatable bonds is 4. The van der Waals surface area contributed by atoms with E-state index in [-0.39, 0.29) is 23.9 Å². The van der Waals surface area contributed by atoms with Gasteiger partial charge in [0.1, 0.15) is 6.17 Å². The van der Waals surface area contributed by atoms with E-state index < -0.39 is 6.17 Å². The molecule has 148 valence electrons. The fourth-order valence-electron chi connectivity index (χ4n) is 3.83. The molecule has 4 rings (SSSR count). The Morgan fingerprint density at radius 1 is 1.29 bits per heavy atom. The average molecular weight is 423 g/mol. The molecule has 1 fully saturated rings. The minimum absolute atomic E-state index is 0.0700. The summed E-state index contributed by atoms with van der Waals surface area (Å²) in [6, 6.07) is 5.29. The fraction of sp³-hybridized carbons (Fsp3) is 0.400. The van der Waals surface area contributed by atoms with Gasteiger partial charge in [0, 0.05) is 18.2 Å². The number of alkyl halides is 1. The maximum Gasteiger partial charge on any atom is 0.250 e. The van der Waals surface area contributed by atoms with Gasteiger partial charge < -0.3 is 15.6 Å². The van der Waals surface area contributed by atoms with Crippen LogP contribution in [0.1, 0.15) is 37.6 Å². The van der Waals surface area contributed by atoms with Gasteiger partial charge in [0.25, 0.3) is 0 Å². The Morgan fingerprint density at radius 2 is 2.04 bits per heavy atom. The molecule has 0 radical (unpaired) electrons. The molecular weight excluding hydrogens is 402 g/mol. The second kappa shape index (κ2) is 7.76. The van der Waals surface area contributed by atoms with Gasteiger partial charge in [0.05, 0.1) is 27.0 Å². The Balaban J connectivity index is 1.53. The lowest BCUT2D eigenvalue weighted by molar-refractivity contribution is -0.118. The van der Waals surface area contributed by atoms with Gasteiger partial charge in [-0.2, -0.15) is 0 Å². The van der Waals surface area contributed by atoms with Gasteiger partial charge in [-0.1, -0.05) is 36.2 Å². The Bertz CT molecular complexity index is 922. The Labute approximate surface area is 172 Å². The summed E-state index contributed by atoms with van der Waals surface area (Å²) in [6.07, 6.45) is 3.19.